The van der Waals surface area contributed by atoms with Crippen molar-refractivity contribution in [3.8, 4) is 0 Å². The topological polar surface area (TPSA) is 34.1 Å². The van der Waals surface area contributed by atoms with E-state index in [1.165, 1.54) is 54.1 Å². The Hall–Kier alpha value is -0.450. The van der Waals surface area contributed by atoms with E-state index >= 15 is 0 Å². The van der Waals surface area contributed by atoms with Crippen LogP contribution in [0, 0.1) is 0 Å². The van der Waals surface area contributed by atoms with Crippen molar-refractivity contribution in [2.45, 2.75) is 76.4 Å². The van der Waals surface area contributed by atoms with Gasteiger partial charge < -0.3 is 10.1 Å². The van der Waals surface area contributed by atoms with E-state index in [-0.39, 0.29) is 5.60 Å². The average molecular weight is 308 g/mol. The van der Waals surface area contributed by atoms with Crippen LogP contribution < -0.4 is 5.32 Å². The largest absolute Gasteiger partial charge is 0.368 e. The van der Waals surface area contributed by atoms with Crippen molar-refractivity contribution in [2.24, 2.45) is 0 Å². The molecule has 2 saturated carbocycles. The van der Waals surface area contributed by atoms with Crippen molar-refractivity contribution in [1.29, 1.82) is 0 Å². The molecular weight excluding hydrogens is 280 g/mol. The molecule has 2 aliphatic carbocycles. The van der Waals surface area contributed by atoms with Crippen molar-refractivity contribution in [3.05, 3.63) is 15.6 Å². The molecule has 3 rings (SSSR count). The van der Waals surface area contributed by atoms with Gasteiger partial charge in [-0.3, -0.25) is 0 Å². The third-order valence-corrected chi connectivity index (χ3v) is 6.01. The summed E-state index contributed by atoms with van der Waals surface area (Å²) in [5.41, 5.74) is 1.28. The molecule has 0 saturated heterocycles. The summed E-state index contributed by atoms with van der Waals surface area (Å²) in [6.45, 7) is 3.86. The zero-order chi connectivity index (χ0) is 14.7. The van der Waals surface area contributed by atoms with E-state index in [0.717, 1.165) is 31.9 Å². The minimum atomic E-state index is -0.0917. The molecule has 118 valence electrons. The van der Waals surface area contributed by atoms with Crippen LogP contribution in [-0.4, -0.2) is 18.6 Å². The first-order chi connectivity index (χ1) is 10.3. The van der Waals surface area contributed by atoms with Crippen LogP contribution in [0.4, 0.5) is 0 Å². The first kappa shape index (κ1) is 15.4. The highest BCUT2D eigenvalue weighted by Gasteiger charge is 2.39. The van der Waals surface area contributed by atoms with Crippen LogP contribution in [0.15, 0.2) is 0 Å². The Morgan fingerprint density at radius 2 is 1.95 bits per heavy atom. The SMILES string of the molecule is CCOC1(c2nc(C3CC3)c(CNC)s2)CCCCCC1. The molecule has 0 aliphatic heterocycles. The monoisotopic (exact) mass is 308 g/mol. The molecule has 21 heavy (non-hydrogen) atoms. The summed E-state index contributed by atoms with van der Waals surface area (Å²) < 4.78 is 6.31. The highest BCUT2D eigenvalue weighted by Crippen LogP contribution is 2.47. The maximum atomic E-state index is 6.31. The first-order valence-corrected chi connectivity index (χ1v) is 9.39. The van der Waals surface area contributed by atoms with Gasteiger partial charge in [-0.1, -0.05) is 25.7 Å². The number of hydrogen-bond acceptors (Lipinski definition) is 4. The van der Waals surface area contributed by atoms with Crippen LogP contribution in [0.2, 0.25) is 0 Å². The van der Waals surface area contributed by atoms with Crippen molar-refractivity contribution >= 4 is 11.3 Å². The van der Waals surface area contributed by atoms with E-state index in [0.29, 0.717) is 0 Å². The average Bonchev–Trinajstić information content (AvgIpc) is 3.27. The maximum Gasteiger partial charge on any atom is 0.125 e. The van der Waals surface area contributed by atoms with E-state index < -0.39 is 0 Å². The summed E-state index contributed by atoms with van der Waals surface area (Å²) in [5.74, 6) is 0.725. The summed E-state index contributed by atoms with van der Waals surface area (Å²) in [5, 5.41) is 4.57. The summed E-state index contributed by atoms with van der Waals surface area (Å²) in [7, 11) is 2.03. The molecule has 1 aromatic rings. The van der Waals surface area contributed by atoms with Gasteiger partial charge in [0.2, 0.25) is 0 Å². The van der Waals surface area contributed by atoms with E-state index in [4.69, 9.17) is 9.72 Å². The Morgan fingerprint density at radius 1 is 1.24 bits per heavy atom. The summed E-state index contributed by atoms with van der Waals surface area (Å²) in [6.07, 6.45) is 10.2. The summed E-state index contributed by atoms with van der Waals surface area (Å²) >= 11 is 1.91. The molecule has 0 unspecified atom stereocenters. The second-order valence-corrected chi connectivity index (χ2v) is 7.56. The van der Waals surface area contributed by atoms with Gasteiger partial charge in [0.05, 0.1) is 5.69 Å². The zero-order valence-corrected chi connectivity index (χ0v) is 14.2. The molecular formula is C17H28N2OS. The van der Waals surface area contributed by atoms with E-state index in [2.05, 4.69) is 12.2 Å². The molecule has 3 nitrogen and oxygen atoms in total. The molecule has 0 bridgehead atoms. The molecule has 2 aliphatic rings. The number of hydrogen-bond donors (Lipinski definition) is 1. The standard InChI is InChI=1S/C17H28N2OS/c1-3-20-17(10-6-4-5-7-11-17)16-19-15(13-8-9-13)14(21-16)12-18-2/h13,18H,3-12H2,1-2H3. The van der Waals surface area contributed by atoms with E-state index in [1.807, 2.05) is 18.4 Å². The van der Waals surface area contributed by atoms with Crippen molar-refractivity contribution < 1.29 is 4.74 Å². The predicted molar refractivity (Wildman–Crippen MR) is 87.9 cm³/mol. The molecule has 0 amide bonds. The highest BCUT2D eigenvalue weighted by atomic mass is 32.1. The number of thiazole rings is 1. The molecule has 0 aromatic carbocycles. The van der Waals surface area contributed by atoms with Gasteiger partial charge >= 0.3 is 0 Å². The molecule has 0 atom stereocenters. The van der Waals surface area contributed by atoms with E-state index in [1.54, 1.807) is 0 Å². The van der Waals surface area contributed by atoms with Crippen molar-refractivity contribution in [3.63, 3.8) is 0 Å². The molecule has 0 radical (unpaired) electrons. The Balaban J connectivity index is 1.92. The molecule has 0 spiro atoms. The minimum Gasteiger partial charge on any atom is -0.368 e. The lowest BCUT2D eigenvalue weighted by Gasteiger charge is -2.30. The normalized spacial score (nSPS) is 22.2. The van der Waals surface area contributed by atoms with Crippen LogP contribution >= 0.6 is 11.3 Å². The third-order valence-electron chi connectivity index (χ3n) is 4.75. The molecule has 1 heterocycles. The Bertz CT molecular complexity index is 459. The maximum absolute atomic E-state index is 6.31. The van der Waals surface area contributed by atoms with Gasteiger partial charge in [-0.15, -0.1) is 11.3 Å². The predicted octanol–water partition coefficient (Wildman–Crippen LogP) is 4.33. The van der Waals surface area contributed by atoms with Gasteiger partial charge in [0.15, 0.2) is 0 Å². The lowest BCUT2D eigenvalue weighted by atomic mass is 9.95. The van der Waals surface area contributed by atoms with Crippen molar-refractivity contribution in [1.82, 2.24) is 10.3 Å². The van der Waals surface area contributed by atoms with Crippen LogP contribution in [-0.2, 0) is 16.9 Å². The number of rotatable bonds is 6. The summed E-state index contributed by atoms with van der Waals surface area (Å²) in [6, 6.07) is 0. The van der Waals surface area contributed by atoms with Gasteiger partial charge in [0, 0.05) is 23.9 Å². The third kappa shape index (κ3) is 3.33. The Morgan fingerprint density at radius 3 is 2.52 bits per heavy atom. The molecule has 4 heteroatoms. The lowest BCUT2D eigenvalue weighted by molar-refractivity contribution is -0.0560. The second-order valence-electron chi connectivity index (χ2n) is 6.47. The lowest BCUT2D eigenvalue weighted by Crippen LogP contribution is -2.29. The van der Waals surface area contributed by atoms with Gasteiger partial charge in [-0.25, -0.2) is 4.98 Å². The molecule has 2 fully saturated rings. The van der Waals surface area contributed by atoms with Crippen molar-refractivity contribution in [2.75, 3.05) is 13.7 Å². The number of ether oxygens (including phenoxy) is 1. The fourth-order valence-corrected chi connectivity index (χ4v) is 4.88. The first-order valence-electron chi connectivity index (χ1n) is 8.57. The molecule has 1 aromatic heterocycles. The highest BCUT2D eigenvalue weighted by molar-refractivity contribution is 7.11. The van der Waals surface area contributed by atoms with Gasteiger partial charge in [0.25, 0.3) is 0 Å². The fraction of sp³-hybridized carbons (Fsp3) is 0.824. The van der Waals surface area contributed by atoms with Crippen LogP contribution in [0.3, 0.4) is 0 Å². The van der Waals surface area contributed by atoms with Crippen LogP contribution in [0.1, 0.15) is 79.8 Å². The number of nitrogens with zero attached hydrogens (tertiary/aromatic N) is 1. The Labute approximate surface area is 132 Å². The fourth-order valence-electron chi connectivity index (χ4n) is 3.52. The zero-order valence-electron chi connectivity index (χ0n) is 13.4. The summed E-state index contributed by atoms with van der Waals surface area (Å²) in [4.78, 5) is 6.54. The second kappa shape index (κ2) is 6.76. The smallest absolute Gasteiger partial charge is 0.125 e. The molecule has 1 N–H and O–H groups in total. The van der Waals surface area contributed by atoms with Gasteiger partial charge in [-0.2, -0.15) is 0 Å². The van der Waals surface area contributed by atoms with E-state index in [9.17, 15) is 0 Å². The van der Waals surface area contributed by atoms with Gasteiger partial charge in [0.1, 0.15) is 10.6 Å². The number of aromatic nitrogens is 1. The quantitative estimate of drug-likeness (QED) is 0.794. The van der Waals surface area contributed by atoms with Crippen LogP contribution in [0.25, 0.3) is 0 Å². The Kier molecular flexibility index (Phi) is 4.97. The number of nitrogens with one attached hydrogen (secondary N) is 1. The van der Waals surface area contributed by atoms with Crippen LogP contribution in [0.5, 0.6) is 0 Å². The van der Waals surface area contributed by atoms with Gasteiger partial charge in [-0.05, 0) is 39.7 Å². The minimum absolute atomic E-state index is 0.0917.